The molecule has 2 amide bonds. The first kappa shape index (κ1) is 19.2. The fourth-order valence-corrected chi connectivity index (χ4v) is 2.50. The van der Waals surface area contributed by atoms with E-state index >= 15 is 0 Å². The van der Waals surface area contributed by atoms with Crippen LogP contribution in [0.4, 0.5) is 5.69 Å². The molecule has 0 fully saturated rings. The number of hydrazone groups is 1. The molecule has 0 bridgehead atoms. The van der Waals surface area contributed by atoms with Gasteiger partial charge >= 0.3 is 11.8 Å². The summed E-state index contributed by atoms with van der Waals surface area (Å²) in [6.07, 6.45) is 1.30. The molecule has 2 N–H and O–H groups in total. The van der Waals surface area contributed by atoms with Crippen molar-refractivity contribution in [1.29, 1.82) is 0 Å². The number of furan rings is 1. The first-order valence-electron chi connectivity index (χ1n) is 8.19. The molecule has 3 aromatic rings. The van der Waals surface area contributed by atoms with E-state index in [-0.39, 0.29) is 0 Å². The van der Waals surface area contributed by atoms with Crippen LogP contribution < -0.4 is 15.5 Å². The summed E-state index contributed by atoms with van der Waals surface area (Å²) >= 11 is 5.96. The number of anilines is 1. The summed E-state index contributed by atoms with van der Waals surface area (Å²) in [6.45, 7) is 0. The largest absolute Gasteiger partial charge is 0.497 e. The minimum atomic E-state index is -0.916. The Balaban J connectivity index is 1.56. The molecular weight excluding hydrogens is 382 g/mol. The zero-order valence-corrected chi connectivity index (χ0v) is 15.6. The van der Waals surface area contributed by atoms with E-state index < -0.39 is 11.8 Å². The second-order valence-electron chi connectivity index (χ2n) is 5.60. The molecule has 2 aromatic carbocycles. The molecule has 0 saturated heterocycles. The van der Waals surface area contributed by atoms with Gasteiger partial charge in [0, 0.05) is 22.3 Å². The predicted octanol–water partition coefficient (Wildman–Crippen LogP) is 3.70. The van der Waals surface area contributed by atoms with Gasteiger partial charge in [0.2, 0.25) is 0 Å². The van der Waals surface area contributed by atoms with E-state index in [1.54, 1.807) is 48.5 Å². The van der Waals surface area contributed by atoms with Crippen molar-refractivity contribution in [2.45, 2.75) is 0 Å². The molecular formula is C20H16ClN3O4. The highest BCUT2D eigenvalue weighted by atomic mass is 35.5. The van der Waals surface area contributed by atoms with E-state index in [1.165, 1.54) is 13.3 Å². The minimum absolute atomic E-state index is 0.406. The maximum atomic E-state index is 11.9. The van der Waals surface area contributed by atoms with Crippen molar-refractivity contribution in [3.63, 3.8) is 0 Å². The third-order valence-corrected chi connectivity index (χ3v) is 3.86. The van der Waals surface area contributed by atoms with E-state index in [2.05, 4.69) is 15.8 Å². The number of halogens is 1. The molecule has 3 rings (SSSR count). The van der Waals surface area contributed by atoms with Crippen LogP contribution in [0.1, 0.15) is 5.76 Å². The summed E-state index contributed by atoms with van der Waals surface area (Å²) in [5.74, 6) is -0.204. The van der Waals surface area contributed by atoms with Gasteiger partial charge in [0.15, 0.2) is 0 Å². The SMILES string of the molecule is COc1cccc(NC(=O)C(=O)NN=Cc2ccc(-c3cccc(Cl)c3)o2)c1. The first-order valence-corrected chi connectivity index (χ1v) is 8.57. The van der Waals surface area contributed by atoms with Crippen LogP contribution in [0, 0.1) is 0 Å². The number of hydrogen-bond donors (Lipinski definition) is 2. The lowest BCUT2D eigenvalue weighted by Crippen LogP contribution is -2.32. The molecule has 28 heavy (non-hydrogen) atoms. The summed E-state index contributed by atoms with van der Waals surface area (Å²) in [5.41, 5.74) is 3.39. The van der Waals surface area contributed by atoms with Gasteiger partial charge < -0.3 is 14.5 Å². The fourth-order valence-electron chi connectivity index (χ4n) is 2.31. The molecule has 1 aromatic heterocycles. The number of nitrogens with zero attached hydrogens (tertiary/aromatic N) is 1. The molecule has 0 radical (unpaired) electrons. The minimum Gasteiger partial charge on any atom is -0.497 e. The van der Waals surface area contributed by atoms with Gasteiger partial charge in [0.1, 0.15) is 17.3 Å². The summed E-state index contributed by atoms with van der Waals surface area (Å²) < 4.78 is 10.7. The molecule has 7 nitrogen and oxygen atoms in total. The van der Waals surface area contributed by atoms with Crippen LogP contribution in [0.3, 0.4) is 0 Å². The Morgan fingerprint density at radius 1 is 1.07 bits per heavy atom. The van der Waals surface area contributed by atoms with Gasteiger partial charge in [-0.2, -0.15) is 5.10 Å². The van der Waals surface area contributed by atoms with Crippen molar-refractivity contribution in [3.8, 4) is 17.1 Å². The standard InChI is InChI=1S/C20H16ClN3O4/c1-27-16-7-3-6-15(11-16)23-19(25)20(26)24-22-12-17-8-9-18(28-17)13-4-2-5-14(21)10-13/h2-12H,1H3,(H,23,25)(H,24,26). The highest BCUT2D eigenvalue weighted by molar-refractivity contribution is 6.39. The second kappa shape index (κ2) is 8.88. The molecule has 0 saturated carbocycles. The van der Waals surface area contributed by atoms with E-state index in [0.717, 1.165) is 5.56 Å². The molecule has 0 spiro atoms. The topological polar surface area (TPSA) is 92.9 Å². The lowest BCUT2D eigenvalue weighted by atomic mass is 10.2. The number of carbonyl (C=O) groups excluding carboxylic acids is 2. The summed E-state index contributed by atoms with van der Waals surface area (Å²) in [7, 11) is 1.51. The molecule has 0 aliphatic rings. The van der Waals surface area contributed by atoms with Crippen LogP contribution in [-0.4, -0.2) is 25.1 Å². The van der Waals surface area contributed by atoms with Gasteiger partial charge in [-0.15, -0.1) is 0 Å². The number of carbonyl (C=O) groups is 2. The maximum Gasteiger partial charge on any atom is 0.329 e. The van der Waals surface area contributed by atoms with Gasteiger partial charge in [-0.05, 0) is 36.4 Å². The molecule has 0 aliphatic heterocycles. The van der Waals surface area contributed by atoms with Crippen LogP contribution in [-0.2, 0) is 9.59 Å². The van der Waals surface area contributed by atoms with Gasteiger partial charge in [-0.3, -0.25) is 9.59 Å². The molecule has 1 heterocycles. The van der Waals surface area contributed by atoms with Crippen LogP contribution in [0.25, 0.3) is 11.3 Å². The normalized spacial score (nSPS) is 10.6. The number of rotatable bonds is 5. The maximum absolute atomic E-state index is 11.9. The lowest BCUT2D eigenvalue weighted by Gasteiger charge is -2.05. The summed E-state index contributed by atoms with van der Waals surface area (Å²) in [6, 6.07) is 17.3. The van der Waals surface area contributed by atoms with Crippen LogP contribution in [0.15, 0.2) is 70.2 Å². The van der Waals surface area contributed by atoms with Gasteiger partial charge in [0.25, 0.3) is 0 Å². The Morgan fingerprint density at radius 2 is 1.89 bits per heavy atom. The molecule has 0 atom stereocenters. The second-order valence-corrected chi connectivity index (χ2v) is 6.03. The van der Waals surface area contributed by atoms with Crippen molar-refractivity contribution >= 4 is 35.3 Å². The zero-order valence-electron chi connectivity index (χ0n) is 14.8. The zero-order chi connectivity index (χ0) is 19.9. The highest BCUT2D eigenvalue weighted by Gasteiger charge is 2.13. The Bertz CT molecular complexity index is 1030. The lowest BCUT2D eigenvalue weighted by molar-refractivity contribution is -0.136. The monoisotopic (exact) mass is 397 g/mol. The quantitative estimate of drug-likeness (QED) is 0.390. The van der Waals surface area contributed by atoms with E-state index in [0.29, 0.717) is 28.0 Å². The predicted molar refractivity (Wildman–Crippen MR) is 107 cm³/mol. The number of hydrogen-bond acceptors (Lipinski definition) is 5. The van der Waals surface area contributed by atoms with Crippen molar-refractivity contribution in [3.05, 3.63) is 71.4 Å². The first-order chi connectivity index (χ1) is 13.5. The fraction of sp³-hybridized carbons (Fsp3) is 0.0500. The molecule has 142 valence electrons. The van der Waals surface area contributed by atoms with Gasteiger partial charge in [-0.25, -0.2) is 5.43 Å². The molecule has 0 aliphatic carbocycles. The Morgan fingerprint density at radius 3 is 2.68 bits per heavy atom. The smallest absolute Gasteiger partial charge is 0.329 e. The number of amides is 2. The number of nitrogens with one attached hydrogen (secondary N) is 2. The third kappa shape index (κ3) is 4.99. The molecule has 0 unspecified atom stereocenters. The molecule has 8 heteroatoms. The third-order valence-electron chi connectivity index (χ3n) is 3.63. The number of benzene rings is 2. The van der Waals surface area contributed by atoms with Crippen molar-refractivity contribution in [1.82, 2.24) is 5.43 Å². The van der Waals surface area contributed by atoms with Crippen LogP contribution >= 0.6 is 11.6 Å². The number of methoxy groups -OCH3 is 1. The Kier molecular flexibility index (Phi) is 6.08. The van der Waals surface area contributed by atoms with Gasteiger partial charge in [-0.1, -0.05) is 29.8 Å². The highest BCUT2D eigenvalue weighted by Crippen LogP contribution is 2.24. The van der Waals surface area contributed by atoms with Crippen molar-refractivity contribution in [2.75, 3.05) is 12.4 Å². The Hall–Kier alpha value is -3.58. The van der Waals surface area contributed by atoms with E-state index in [9.17, 15) is 9.59 Å². The Labute approximate surface area is 166 Å². The summed E-state index contributed by atoms with van der Waals surface area (Å²) in [5, 5.41) is 6.78. The van der Waals surface area contributed by atoms with E-state index in [1.807, 2.05) is 12.1 Å². The van der Waals surface area contributed by atoms with E-state index in [4.69, 9.17) is 20.8 Å². The number of ether oxygens (including phenoxy) is 1. The van der Waals surface area contributed by atoms with Gasteiger partial charge in [0.05, 0.1) is 13.3 Å². The van der Waals surface area contributed by atoms with Crippen molar-refractivity contribution in [2.24, 2.45) is 5.10 Å². The summed E-state index contributed by atoms with van der Waals surface area (Å²) in [4.78, 5) is 23.7. The average Bonchev–Trinajstić information content (AvgIpc) is 3.17. The van der Waals surface area contributed by atoms with Crippen molar-refractivity contribution < 1.29 is 18.7 Å². The average molecular weight is 398 g/mol. The van der Waals surface area contributed by atoms with Crippen LogP contribution in [0.2, 0.25) is 5.02 Å². The van der Waals surface area contributed by atoms with Crippen LogP contribution in [0.5, 0.6) is 5.75 Å².